The molecule has 2 aromatic rings. The van der Waals surface area contributed by atoms with Crippen molar-refractivity contribution in [1.82, 2.24) is 5.32 Å². The van der Waals surface area contributed by atoms with Crippen molar-refractivity contribution in [1.29, 1.82) is 0 Å². The summed E-state index contributed by atoms with van der Waals surface area (Å²) in [4.78, 5) is 11.8. The molecule has 2 aromatic carbocycles. The maximum absolute atomic E-state index is 11.8. The van der Waals surface area contributed by atoms with E-state index >= 15 is 0 Å². The Balaban J connectivity index is 1.72. The minimum Gasteiger partial charge on any atom is -0.376 e. The zero-order chi connectivity index (χ0) is 15.1. The molecule has 0 bridgehead atoms. The summed E-state index contributed by atoms with van der Waals surface area (Å²) in [5, 5.41) is 6.76. The Hall–Kier alpha value is -2.00. The lowest BCUT2D eigenvalue weighted by atomic mass is 10.1. The Bertz CT molecular complexity index is 613. The zero-order valence-electron chi connectivity index (χ0n) is 12.0. The van der Waals surface area contributed by atoms with Crippen LogP contribution in [-0.2, 0) is 11.2 Å². The highest BCUT2D eigenvalue weighted by Gasteiger charge is 2.02. The van der Waals surface area contributed by atoms with E-state index in [0.717, 1.165) is 28.3 Å². The van der Waals surface area contributed by atoms with Crippen molar-refractivity contribution in [3.63, 3.8) is 0 Å². The largest absolute Gasteiger partial charge is 0.376 e. The summed E-state index contributed by atoms with van der Waals surface area (Å²) in [6.07, 6.45) is 0.774. The molecule has 0 saturated heterocycles. The summed E-state index contributed by atoms with van der Waals surface area (Å²) < 4.78 is 0. The van der Waals surface area contributed by atoms with E-state index in [2.05, 4.69) is 10.6 Å². The van der Waals surface area contributed by atoms with Crippen LogP contribution >= 0.6 is 11.6 Å². The molecule has 2 N–H and O–H groups in total. The van der Waals surface area contributed by atoms with Crippen molar-refractivity contribution < 1.29 is 4.79 Å². The van der Waals surface area contributed by atoms with Gasteiger partial charge in [0.15, 0.2) is 0 Å². The van der Waals surface area contributed by atoms with Gasteiger partial charge in [-0.2, -0.15) is 0 Å². The lowest BCUT2D eigenvalue weighted by Crippen LogP contribution is -2.31. The molecule has 0 fully saturated rings. The third-order valence-electron chi connectivity index (χ3n) is 3.21. The number of para-hydroxylation sites is 1. The Labute approximate surface area is 130 Å². The monoisotopic (exact) mass is 302 g/mol. The molecular formula is C17H19ClN2O. The smallest absolute Gasteiger partial charge is 0.239 e. The van der Waals surface area contributed by atoms with Crippen LogP contribution < -0.4 is 10.6 Å². The summed E-state index contributed by atoms with van der Waals surface area (Å²) in [6, 6.07) is 15.6. The molecule has 0 heterocycles. The number of aryl methyl sites for hydroxylation is 1. The summed E-state index contributed by atoms with van der Waals surface area (Å²) in [5.41, 5.74) is 3.24. The second-order valence-electron chi connectivity index (χ2n) is 4.90. The van der Waals surface area contributed by atoms with Crippen LogP contribution in [0, 0.1) is 6.92 Å². The first-order chi connectivity index (χ1) is 10.1. The molecule has 3 nitrogen and oxygen atoms in total. The second-order valence-corrected chi connectivity index (χ2v) is 5.33. The Kier molecular flexibility index (Phi) is 5.64. The van der Waals surface area contributed by atoms with Gasteiger partial charge in [0.2, 0.25) is 5.91 Å². The minimum absolute atomic E-state index is 0.0136. The van der Waals surface area contributed by atoms with Crippen molar-refractivity contribution >= 4 is 23.2 Å². The Morgan fingerprint density at radius 2 is 1.95 bits per heavy atom. The molecule has 0 radical (unpaired) electrons. The van der Waals surface area contributed by atoms with Crippen molar-refractivity contribution in [2.75, 3.05) is 18.4 Å². The van der Waals surface area contributed by atoms with Crippen LogP contribution in [0.3, 0.4) is 0 Å². The number of halogens is 1. The van der Waals surface area contributed by atoms with Gasteiger partial charge in [-0.05, 0) is 42.7 Å². The van der Waals surface area contributed by atoms with E-state index < -0.39 is 0 Å². The van der Waals surface area contributed by atoms with E-state index in [1.165, 1.54) is 0 Å². The quantitative estimate of drug-likeness (QED) is 0.858. The molecule has 110 valence electrons. The molecule has 0 aliphatic rings. The van der Waals surface area contributed by atoms with Gasteiger partial charge in [0, 0.05) is 17.3 Å². The lowest BCUT2D eigenvalue weighted by molar-refractivity contribution is -0.119. The molecule has 1 amide bonds. The standard InChI is InChI=1S/C17H19ClN2O/c1-13-5-2-3-8-16(13)20-12-17(21)19-10-9-14-6-4-7-15(18)11-14/h2-8,11,20H,9-10,12H2,1H3,(H,19,21). The van der Waals surface area contributed by atoms with Crippen LogP contribution in [0.4, 0.5) is 5.69 Å². The van der Waals surface area contributed by atoms with Crippen molar-refractivity contribution in [2.45, 2.75) is 13.3 Å². The van der Waals surface area contributed by atoms with Gasteiger partial charge in [0.25, 0.3) is 0 Å². The number of rotatable bonds is 6. The average Bonchev–Trinajstić information content (AvgIpc) is 2.46. The van der Waals surface area contributed by atoms with E-state index in [0.29, 0.717) is 6.54 Å². The first-order valence-corrected chi connectivity index (χ1v) is 7.33. The van der Waals surface area contributed by atoms with E-state index in [-0.39, 0.29) is 12.5 Å². The van der Waals surface area contributed by atoms with Crippen LogP contribution in [0.25, 0.3) is 0 Å². The first kappa shape index (κ1) is 15.4. The number of hydrogen-bond donors (Lipinski definition) is 2. The number of carbonyl (C=O) groups excluding carboxylic acids is 1. The number of benzene rings is 2. The van der Waals surface area contributed by atoms with Crippen LogP contribution in [0.5, 0.6) is 0 Å². The summed E-state index contributed by atoms with van der Waals surface area (Å²) in [7, 11) is 0. The fraction of sp³-hybridized carbons (Fsp3) is 0.235. The highest BCUT2D eigenvalue weighted by atomic mass is 35.5. The van der Waals surface area contributed by atoms with Crippen molar-refractivity contribution in [3.05, 3.63) is 64.7 Å². The van der Waals surface area contributed by atoms with Crippen LogP contribution in [0.15, 0.2) is 48.5 Å². The van der Waals surface area contributed by atoms with Gasteiger partial charge < -0.3 is 10.6 Å². The normalized spacial score (nSPS) is 10.2. The van der Waals surface area contributed by atoms with Gasteiger partial charge in [0.05, 0.1) is 6.54 Å². The van der Waals surface area contributed by atoms with Crippen molar-refractivity contribution in [3.8, 4) is 0 Å². The number of carbonyl (C=O) groups is 1. The summed E-state index contributed by atoms with van der Waals surface area (Å²) >= 11 is 5.92. The average molecular weight is 303 g/mol. The molecule has 4 heteroatoms. The SMILES string of the molecule is Cc1ccccc1NCC(=O)NCCc1cccc(Cl)c1. The van der Waals surface area contributed by atoms with Crippen molar-refractivity contribution in [2.24, 2.45) is 0 Å². The molecule has 0 spiro atoms. The highest BCUT2D eigenvalue weighted by molar-refractivity contribution is 6.30. The summed E-state index contributed by atoms with van der Waals surface area (Å²) in [6.45, 7) is 2.90. The molecule has 0 atom stereocenters. The molecule has 0 aliphatic heterocycles. The third-order valence-corrected chi connectivity index (χ3v) is 3.44. The molecule has 0 saturated carbocycles. The van der Waals surface area contributed by atoms with Gasteiger partial charge in [-0.25, -0.2) is 0 Å². The maximum atomic E-state index is 11.8. The fourth-order valence-corrected chi connectivity index (χ4v) is 2.26. The molecule has 21 heavy (non-hydrogen) atoms. The predicted molar refractivity (Wildman–Crippen MR) is 87.8 cm³/mol. The van der Waals surface area contributed by atoms with Gasteiger partial charge >= 0.3 is 0 Å². The van der Waals surface area contributed by atoms with Gasteiger partial charge in [-0.3, -0.25) is 4.79 Å². The first-order valence-electron chi connectivity index (χ1n) is 6.96. The van der Waals surface area contributed by atoms with E-state index in [1.807, 2.05) is 55.5 Å². The maximum Gasteiger partial charge on any atom is 0.239 e. The number of nitrogens with one attached hydrogen (secondary N) is 2. The van der Waals surface area contributed by atoms with Crippen LogP contribution in [-0.4, -0.2) is 19.0 Å². The second kappa shape index (κ2) is 7.70. The fourth-order valence-electron chi connectivity index (χ4n) is 2.05. The molecular weight excluding hydrogens is 284 g/mol. The van der Waals surface area contributed by atoms with E-state index in [4.69, 9.17) is 11.6 Å². The number of hydrogen-bond acceptors (Lipinski definition) is 2. The van der Waals surface area contributed by atoms with E-state index in [1.54, 1.807) is 0 Å². The molecule has 0 unspecified atom stereocenters. The van der Waals surface area contributed by atoms with E-state index in [9.17, 15) is 4.79 Å². The third kappa shape index (κ3) is 5.12. The Morgan fingerprint density at radius 1 is 1.14 bits per heavy atom. The number of amides is 1. The summed E-state index contributed by atoms with van der Waals surface area (Å²) in [5.74, 6) is -0.0136. The number of anilines is 1. The highest BCUT2D eigenvalue weighted by Crippen LogP contribution is 2.12. The van der Waals surface area contributed by atoms with Gasteiger partial charge in [0.1, 0.15) is 0 Å². The molecule has 0 aliphatic carbocycles. The zero-order valence-corrected chi connectivity index (χ0v) is 12.8. The molecule has 0 aromatic heterocycles. The van der Waals surface area contributed by atoms with Gasteiger partial charge in [-0.1, -0.05) is 41.9 Å². The molecule has 2 rings (SSSR count). The van der Waals surface area contributed by atoms with Gasteiger partial charge in [-0.15, -0.1) is 0 Å². The predicted octanol–water partition coefficient (Wildman–Crippen LogP) is 3.42. The van der Waals surface area contributed by atoms with Crippen LogP contribution in [0.2, 0.25) is 5.02 Å². The minimum atomic E-state index is -0.0136. The lowest BCUT2D eigenvalue weighted by Gasteiger charge is -2.10. The van der Waals surface area contributed by atoms with Crippen LogP contribution in [0.1, 0.15) is 11.1 Å². The Morgan fingerprint density at radius 3 is 2.71 bits per heavy atom. The topological polar surface area (TPSA) is 41.1 Å².